The van der Waals surface area contributed by atoms with Gasteiger partial charge in [0, 0.05) is 19.7 Å². The zero-order valence-electron chi connectivity index (χ0n) is 11.7. The smallest absolute Gasteiger partial charge is 0.243 e. The summed E-state index contributed by atoms with van der Waals surface area (Å²) in [4.78, 5) is 0.319. The molecule has 0 amide bonds. The second-order valence-electron chi connectivity index (χ2n) is 5.02. The molecular formula is C14H21NO4S. The van der Waals surface area contributed by atoms with Crippen molar-refractivity contribution >= 4 is 10.0 Å². The number of rotatable bonds is 5. The van der Waals surface area contributed by atoms with Crippen LogP contribution in [0.1, 0.15) is 18.9 Å². The van der Waals surface area contributed by atoms with Gasteiger partial charge < -0.3 is 9.84 Å². The number of aliphatic hydroxyl groups is 1. The standard InChI is InChI=1S/C14H21NO4S/c1-12-11-15(8-10-19-12)20(17,18)14-6-4-13(5-7-14)3-2-9-16/h4-7,12,16H,2-3,8-11H2,1H3. The number of morpholine rings is 1. The molecule has 1 aromatic carbocycles. The van der Waals surface area contributed by atoms with Crippen LogP contribution in [0, 0.1) is 0 Å². The SMILES string of the molecule is CC1CN(S(=O)(=O)c2ccc(CCCO)cc2)CCO1. The van der Waals surface area contributed by atoms with Crippen molar-refractivity contribution in [2.24, 2.45) is 0 Å². The molecule has 1 fully saturated rings. The van der Waals surface area contributed by atoms with Crippen molar-refractivity contribution in [2.45, 2.75) is 30.8 Å². The second-order valence-corrected chi connectivity index (χ2v) is 6.95. The Balaban J connectivity index is 2.12. The minimum Gasteiger partial charge on any atom is -0.396 e. The van der Waals surface area contributed by atoms with Gasteiger partial charge in [0.1, 0.15) is 0 Å². The predicted molar refractivity (Wildman–Crippen MR) is 76.0 cm³/mol. The largest absolute Gasteiger partial charge is 0.396 e. The molecule has 6 heteroatoms. The zero-order chi connectivity index (χ0) is 14.6. The van der Waals surface area contributed by atoms with Gasteiger partial charge in [0.25, 0.3) is 0 Å². The van der Waals surface area contributed by atoms with Crippen LogP contribution in [-0.2, 0) is 21.2 Å². The summed E-state index contributed by atoms with van der Waals surface area (Å²) in [6.45, 7) is 3.26. The highest BCUT2D eigenvalue weighted by Crippen LogP contribution is 2.19. The van der Waals surface area contributed by atoms with Gasteiger partial charge in [-0.25, -0.2) is 8.42 Å². The van der Waals surface area contributed by atoms with Gasteiger partial charge in [-0.1, -0.05) is 12.1 Å². The third kappa shape index (κ3) is 3.58. The van der Waals surface area contributed by atoms with Gasteiger partial charge in [0.2, 0.25) is 10.0 Å². The maximum absolute atomic E-state index is 12.5. The Morgan fingerprint density at radius 1 is 1.35 bits per heavy atom. The van der Waals surface area contributed by atoms with Crippen LogP contribution in [0.2, 0.25) is 0 Å². The van der Waals surface area contributed by atoms with Gasteiger partial charge in [-0.15, -0.1) is 0 Å². The summed E-state index contributed by atoms with van der Waals surface area (Å²) in [7, 11) is -3.43. The van der Waals surface area contributed by atoms with Gasteiger partial charge in [0.15, 0.2) is 0 Å². The van der Waals surface area contributed by atoms with Gasteiger partial charge in [-0.2, -0.15) is 4.31 Å². The lowest BCUT2D eigenvalue weighted by Crippen LogP contribution is -2.44. The Labute approximate surface area is 120 Å². The van der Waals surface area contributed by atoms with E-state index >= 15 is 0 Å². The number of hydrogen-bond acceptors (Lipinski definition) is 4. The van der Waals surface area contributed by atoms with Crippen LogP contribution >= 0.6 is 0 Å². The molecule has 2 rings (SSSR count). The number of nitrogens with zero attached hydrogens (tertiary/aromatic N) is 1. The first-order chi connectivity index (χ1) is 9.54. The van der Waals surface area contributed by atoms with Gasteiger partial charge in [-0.3, -0.25) is 0 Å². The lowest BCUT2D eigenvalue weighted by molar-refractivity contribution is 0.0102. The molecule has 1 heterocycles. The molecular weight excluding hydrogens is 278 g/mol. The van der Waals surface area contributed by atoms with Crippen molar-refractivity contribution in [1.29, 1.82) is 0 Å². The van der Waals surface area contributed by atoms with E-state index in [1.165, 1.54) is 4.31 Å². The number of ether oxygens (including phenoxy) is 1. The number of aliphatic hydroxyl groups excluding tert-OH is 1. The third-order valence-electron chi connectivity index (χ3n) is 3.39. The van der Waals surface area contributed by atoms with Crippen LogP contribution in [0.4, 0.5) is 0 Å². The molecule has 1 unspecified atom stereocenters. The number of sulfonamides is 1. The Hall–Kier alpha value is -0.950. The van der Waals surface area contributed by atoms with E-state index in [0.29, 0.717) is 31.0 Å². The molecule has 1 aromatic rings. The van der Waals surface area contributed by atoms with Crippen molar-refractivity contribution in [3.63, 3.8) is 0 Å². The van der Waals surface area contributed by atoms with E-state index in [1.807, 2.05) is 19.1 Å². The first-order valence-electron chi connectivity index (χ1n) is 6.85. The van der Waals surface area contributed by atoms with E-state index in [2.05, 4.69) is 0 Å². The summed E-state index contributed by atoms with van der Waals surface area (Å²) >= 11 is 0. The van der Waals surface area contributed by atoms with Gasteiger partial charge in [0.05, 0.1) is 17.6 Å². The summed E-state index contributed by atoms with van der Waals surface area (Å²) < 4.78 is 31.8. The molecule has 0 radical (unpaired) electrons. The molecule has 0 saturated carbocycles. The maximum Gasteiger partial charge on any atom is 0.243 e. The highest BCUT2D eigenvalue weighted by atomic mass is 32.2. The summed E-state index contributed by atoms with van der Waals surface area (Å²) in [5.74, 6) is 0. The van der Waals surface area contributed by atoms with Crippen molar-refractivity contribution in [3.8, 4) is 0 Å². The molecule has 1 aliphatic rings. The summed E-state index contributed by atoms with van der Waals surface area (Å²) in [6, 6.07) is 6.91. The summed E-state index contributed by atoms with van der Waals surface area (Å²) in [5, 5.41) is 8.79. The fraction of sp³-hybridized carbons (Fsp3) is 0.571. The fourth-order valence-corrected chi connectivity index (χ4v) is 3.76. The first-order valence-corrected chi connectivity index (χ1v) is 8.29. The van der Waals surface area contributed by atoms with Crippen molar-refractivity contribution in [1.82, 2.24) is 4.31 Å². The molecule has 1 saturated heterocycles. The molecule has 20 heavy (non-hydrogen) atoms. The average molecular weight is 299 g/mol. The fourth-order valence-electron chi connectivity index (χ4n) is 2.27. The molecule has 0 bridgehead atoms. The highest BCUT2D eigenvalue weighted by molar-refractivity contribution is 7.89. The van der Waals surface area contributed by atoms with Crippen LogP contribution in [0.15, 0.2) is 29.2 Å². The molecule has 1 aliphatic heterocycles. The van der Waals surface area contributed by atoms with Crippen LogP contribution in [-0.4, -0.2) is 50.2 Å². The second kappa shape index (κ2) is 6.67. The molecule has 0 aliphatic carbocycles. The monoisotopic (exact) mass is 299 g/mol. The van der Waals surface area contributed by atoms with Gasteiger partial charge in [-0.05, 0) is 37.5 Å². The summed E-state index contributed by atoms with van der Waals surface area (Å²) in [6.07, 6.45) is 1.38. The minimum atomic E-state index is -3.43. The van der Waals surface area contributed by atoms with Gasteiger partial charge >= 0.3 is 0 Å². The lowest BCUT2D eigenvalue weighted by Gasteiger charge is -2.30. The van der Waals surface area contributed by atoms with E-state index in [-0.39, 0.29) is 12.7 Å². The minimum absolute atomic E-state index is 0.0673. The predicted octanol–water partition coefficient (Wildman–Crippen LogP) is 1.02. The molecule has 0 aromatic heterocycles. The average Bonchev–Trinajstić information content (AvgIpc) is 2.45. The Bertz CT molecular complexity index is 527. The third-order valence-corrected chi connectivity index (χ3v) is 5.27. The van der Waals surface area contributed by atoms with E-state index in [4.69, 9.17) is 9.84 Å². The van der Waals surface area contributed by atoms with E-state index in [9.17, 15) is 8.42 Å². The van der Waals surface area contributed by atoms with E-state index in [1.54, 1.807) is 12.1 Å². The Kier molecular flexibility index (Phi) is 5.15. The number of hydrogen-bond donors (Lipinski definition) is 1. The Morgan fingerprint density at radius 2 is 2.05 bits per heavy atom. The van der Waals surface area contributed by atoms with Crippen molar-refractivity contribution in [3.05, 3.63) is 29.8 Å². The molecule has 1 N–H and O–H groups in total. The van der Waals surface area contributed by atoms with E-state index in [0.717, 1.165) is 12.0 Å². The Morgan fingerprint density at radius 3 is 2.65 bits per heavy atom. The lowest BCUT2D eigenvalue weighted by atomic mass is 10.1. The van der Waals surface area contributed by atoms with E-state index < -0.39 is 10.0 Å². The van der Waals surface area contributed by atoms with Crippen molar-refractivity contribution in [2.75, 3.05) is 26.3 Å². The molecule has 0 spiro atoms. The maximum atomic E-state index is 12.5. The highest BCUT2D eigenvalue weighted by Gasteiger charge is 2.28. The molecule has 5 nitrogen and oxygen atoms in total. The quantitative estimate of drug-likeness (QED) is 0.881. The van der Waals surface area contributed by atoms with Crippen LogP contribution < -0.4 is 0 Å². The topological polar surface area (TPSA) is 66.8 Å². The van der Waals surface area contributed by atoms with Crippen LogP contribution in [0.3, 0.4) is 0 Å². The zero-order valence-corrected chi connectivity index (χ0v) is 12.5. The van der Waals surface area contributed by atoms with Crippen LogP contribution in [0.25, 0.3) is 0 Å². The first kappa shape index (κ1) is 15.4. The molecule has 1 atom stereocenters. The van der Waals surface area contributed by atoms with Crippen LogP contribution in [0.5, 0.6) is 0 Å². The normalized spacial score (nSPS) is 21.0. The molecule has 112 valence electrons. The summed E-state index contributed by atoms with van der Waals surface area (Å²) in [5.41, 5.74) is 1.04. The van der Waals surface area contributed by atoms with Crippen molar-refractivity contribution < 1.29 is 18.3 Å². The number of benzene rings is 1. The number of aryl methyl sites for hydroxylation is 1.